The minimum absolute atomic E-state index is 0.0361. The normalized spacial score (nSPS) is 10.9. The van der Waals surface area contributed by atoms with E-state index in [1.54, 1.807) is 36.4 Å². The monoisotopic (exact) mass is 377 g/mol. The summed E-state index contributed by atoms with van der Waals surface area (Å²) in [5.41, 5.74) is 1.07. The van der Waals surface area contributed by atoms with Gasteiger partial charge in [0, 0.05) is 30.7 Å². The Hall–Kier alpha value is -2.40. The van der Waals surface area contributed by atoms with Gasteiger partial charge in [-0.15, -0.1) is 0 Å². The molecule has 0 fully saturated rings. The lowest BCUT2D eigenvalue weighted by molar-refractivity contribution is -0.116. The zero-order valence-electron chi connectivity index (χ0n) is 13.4. The Kier molecular flexibility index (Phi) is 6.15. The summed E-state index contributed by atoms with van der Waals surface area (Å²) in [6, 6.07) is 14.4. The molecule has 0 heterocycles. The van der Waals surface area contributed by atoms with Crippen LogP contribution in [0.1, 0.15) is 12.5 Å². The van der Waals surface area contributed by atoms with Crippen LogP contribution in [0, 0.1) is 11.3 Å². The standard InChI is InChI=1S/C17H16ClN3O3S/c1-13(22)21(16-7-5-14(12-19)6-8-16)10-9-20-25(23,24)17-4-2-3-15(18)11-17/h2-8,11,20H,9-10H2,1H3. The molecule has 0 saturated carbocycles. The highest BCUT2D eigenvalue weighted by Crippen LogP contribution is 2.16. The highest BCUT2D eigenvalue weighted by Gasteiger charge is 2.16. The number of rotatable bonds is 6. The first-order valence-electron chi connectivity index (χ1n) is 7.37. The van der Waals surface area contributed by atoms with Crippen molar-refractivity contribution >= 4 is 33.2 Å². The van der Waals surface area contributed by atoms with Crippen LogP contribution >= 0.6 is 11.6 Å². The van der Waals surface area contributed by atoms with Crippen molar-refractivity contribution in [2.24, 2.45) is 0 Å². The summed E-state index contributed by atoms with van der Waals surface area (Å²) < 4.78 is 26.9. The molecule has 130 valence electrons. The van der Waals surface area contributed by atoms with Crippen LogP contribution in [0.15, 0.2) is 53.4 Å². The molecule has 0 bridgehead atoms. The molecule has 0 aromatic heterocycles. The Balaban J connectivity index is 2.06. The zero-order chi connectivity index (χ0) is 18.4. The fourth-order valence-electron chi connectivity index (χ4n) is 2.19. The lowest BCUT2D eigenvalue weighted by Gasteiger charge is -2.21. The summed E-state index contributed by atoms with van der Waals surface area (Å²) in [5.74, 6) is -0.230. The molecular weight excluding hydrogens is 362 g/mol. The second-order valence-electron chi connectivity index (χ2n) is 5.18. The van der Waals surface area contributed by atoms with Gasteiger partial charge in [-0.05, 0) is 42.5 Å². The van der Waals surface area contributed by atoms with Crippen LogP contribution in [0.2, 0.25) is 5.02 Å². The second-order valence-corrected chi connectivity index (χ2v) is 7.39. The number of halogens is 1. The second kappa shape index (κ2) is 8.12. The van der Waals surface area contributed by atoms with Crippen molar-refractivity contribution in [3.8, 4) is 6.07 Å². The molecule has 1 N–H and O–H groups in total. The Labute approximate surface area is 151 Å². The lowest BCUT2D eigenvalue weighted by atomic mass is 10.2. The summed E-state index contributed by atoms with van der Waals surface area (Å²) in [6.07, 6.45) is 0. The maximum absolute atomic E-state index is 12.2. The van der Waals surface area contributed by atoms with Gasteiger partial charge in [-0.1, -0.05) is 17.7 Å². The van der Waals surface area contributed by atoms with E-state index in [-0.39, 0.29) is 23.9 Å². The average molecular weight is 378 g/mol. The zero-order valence-corrected chi connectivity index (χ0v) is 15.0. The molecule has 0 aliphatic rings. The highest BCUT2D eigenvalue weighted by atomic mass is 35.5. The van der Waals surface area contributed by atoms with Crippen molar-refractivity contribution in [2.45, 2.75) is 11.8 Å². The number of hydrogen-bond acceptors (Lipinski definition) is 4. The molecule has 0 atom stereocenters. The van der Waals surface area contributed by atoms with Crippen LogP contribution in [0.5, 0.6) is 0 Å². The molecule has 2 rings (SSSR count). The maximum Gasteiger partial charge on any atom is 0.240 e. The van der Waals surface area contributed by atoms with E-state index in [1.807, 2.05) is 6.07 Å². The number of sulfonamides is 1. The average Bonchev–Trinajstić information content (AvgIpc) is 2.58. The Morgan fingerprint density at radius 2 is 1.92 bits per heavy atom. The van der Waals surface area contributed by atoms with E-state index in [0.717, 1.165) is 0 Å². The van der Waals surface area contributed by atoms with E-state index in [0.29, 0.717) is 16.3 Å². The smallest absolute Gasteiger partial charge is 0.240 e. The van der Waals surface area contributed by atoms with Gasteiger partial charge in [0.05, 0.1) is 16.5 Å². The van der Waals surface area contributed by atoms with Gasteiger partial charge < -0.3 is 4.90 Å². The largest absolute Gasteiger partial charge is 0.311 e. The fourth-order valence-corrected chi connectivity index (χ4v) is 3.52. The first-order chi connectivity index (χ1) is 11.8. The fraction of sp³-hybridized carbons (Fsp3) is 0.176. The third kappa shape index (κ3) is 5.03. The summed E-state index contributed by atoms with van der Waals surface area (Å²) in [4.78, 5) is 13.3. The highest BCUT2D eigenvalue weighted by molar-refractivity contribution is 7.89. The predicted octanol–water partition coefficient (Wildman–Crippen LogP) is 2.54. The van der Waals surface area contributed by atoms with Gasteiger partial charge in [0.15, 0.2) is 0 Å². The van der Waals surface area contributed by atoms with E-state index < -0.39 is 10.0 Å². The number of amides is 1. The molecule has 0 radical (unpaired) electrons. The molecular formula is C17H16ClN3O3S. The molecule has 0 aliphatic heterocycles. The summed E-state index contributed by atoms with van der Waals surface area (Å²) >= 11 is 5.81. The van der Waals surface area contributed by atoms with Gasteiger partial charge in [-0.3, -0.25) is 4.79 Å². The molecule has 6 nitrogen and oxygen atoms in total. The van der Waals surface area contributed by atoms with Gasteiger partial charge in [0.1, 0.15) is 0 Å². The van der Waals surface area contributed by atoms with Gasteiger partial charge in [-0.25, -0.2) is 13.1 Å². The number of carbonyl (C=O) groups is 1. The molecule has 0 aliphatic carbocycles. The van der Waals surface area contributed by atoms with Gasteiger partial charge >= 0.3 is 0 Å². The van der Waals surface area contributed by atoms with Crippen LogP contribution in [0.25, 0.3) is 0 Å². The topological polar surface area (TPSA) is 90.3 Å². The first-order valence-corrected chi connectivity index (χ1v) is 9.23. The third-order valence-corrected chi connectivity index (χ3v) is 5.12. The number of nitrogens with one attached hydrogen (secondary N) is 1. The molecule has 25 heavy (non-hydrogen) atoms. The number of anilines is 1. The third-order valence-electron chi connectivity index (χ3n) is 3.42. The Bertz CT molecular complexity index is 905. The van der Waals surface area contributed by atoms with Crippen LogP contribution in [-0.2, 0) is 14.8 Å². The lowest BCUT2D eigenvalue weighted by Crippen LogP contribution is -2.37. The molecule has 0 spiro atoms. The van der Waals surface area contributed by atoms with Crippen molar-refractivity contribution < 1.29 is 13.2 Å². The number of carbonyl (C=O) groups excluding carboxylic acids is 1. The van der Waals surface area contributed by atoms with E-state index in [1.165, 1.54) is 24.0 Å². The summed E-state index contributed by atoms with van der Waals surface area (Å²) in [7, 11) is -3.71. The van der Waals surface area contributed by atoms with Gasteiger partial charge in [-0.2, -0.15) is 5.26 Å². The summed E-state index contributed by atoms with van der Waals surface area (Å²) in [6.45, 7) is 1.58. The van der Waals surface area contributed by atoms with E-state index >= 15 is 0 Å². The quantitative estimate of drug-likeness (QED) is 0.837. The van der Waals surface area contributed by atoms with Crippen LogP contribution in [0.3, 0.4) is 0 Å². The van der Waals surface area contributed by atoms with E-state index in [2.05, 4.69) is 4.72 Å². The van der Waals surface area contributed by atoms with Crippen LogP contribution in [-0.4, -0.2) is 27.4 Å². The molecule has 1 amide bonds. The van der Waals surface area contributed by atoms with Crippen molar-refractivity contribution in [3.05, 3.63) is 59.1 Å². The molecule has 2 aromatic carbocycles. The number of nitriles is 1. The SMILES string of the molecule is CC(=O)N(CCNS(=O)(=O)c1cccc(Cl)c1)c1ccc(C#N)cc1. The Morgan fingerprint density at radius 3 is 2.48 bits per heavy atom. The van der Waals surface area contributed by atoms with Gasteiger partial charge in [0.25, 0.3) is 0 Å². The van der Waals surface area contributed by atoms with E-state index in [4.69, 9.17) is 16.9 Å². The van der Waals surface area contributed by atoms with Crippen molar-refractivity contribution in [2.75, 3.05) is 18.0 Å². The van der Waals surface area contributed by atoms with Crippen molar-refractivity contribution in [3.63, 3.8) is 0 Å². The maximum atomic E-state index is 12.2. The first kappa shape index (κ1) is 18.9. The van der Waals surface area contributed by atoms with Crippen molar-refractivity contribution in [1.82, 2.24) is 4.72 Å². The van der Waals surface area contributed by atoms with Crippen LogP contribution < -0.4 is 9.62 Å². The van der Waals surface area contributed by atoms with Gasteiger partial charge in [0.2, 0.25) is 15.9 Å². The minimum Gasteiger partial charge on any atom is -0.311 e. The number of benzene rings is 2. The predicted molar refractivity (Wildman–Crippen MR) is 95.8 cm³/mol. The van der Waals surface area contributed by atoms with Crippen molar-refractivity contribution in [1.29, 1.82) is 5.26 Å². The number of hydrogen-bond donors (Lipinski definition) is 1. The van der Waals surface area contributed by atoms with Crippen LogP contribution in [0.4, 0.5) is 5.69 Å². The van der Waals surface area contributed by atoms with E-state index in [9.17, 15) is 13.2 Å². The Morgan fingerprint density at radius 1 is 1.24 bits per heavy atom. The molecule has 0 unspecified atom stereocenters. The summed E-state index contributed by atoms with van der Waals surface area (Å²) in [5, 5.41) is 9.14. The molecule has 2 aromatic rings. The molecule has 0 saturated heterocycles. The minimum atomic E-state index is -3.71. The molecule has 8 heteroatoms. The number of nitrogens with zero attached hydrogens (tertiary/aromatic N) is 2.